The smallest absolute Gasteiger partial charge is 0.335 e. The van der Waals surface area contributed by atoms with Crippen LogP contribution in [0.1, 0.15) is 46.5 Å². The Hall–Kier alpha value is -3.85. The van der Waals surface area contributed by atoms with Crippen molar-refractivity contribution in [3.05, 3.63) is 113 Å². The highest BCUT2D eigenvalue weighted by atomic mass is 16.4. The first-order valence-electron chi connectivity index (χ1n) is 11.2. The van der Waals surface area contributed by atoms with Crippen LogP contribution in [0.25, 0.3) is 11.1 Å². The number of fused-ring (bicyclic) bond motifs is 3. The number of nitrogens with zero attached hydrogens (tertiary/aromatic N) is 1. The van der Waals surface area contributed by atoms with E-state index >= 15 is 0 Å². The maximum absolute atomic E-state index is 11.4. The molecule has 33 heavy (non-hydrogen) atoms. The third-order valence-electron chi connectivity index (χ3n) is 6.66. The van der Waals surface area contributed by atoms with Crippen molar-refractivity contribution in [2.45, 2.75) is 33.1 Å². The number of hydrogen-bond acceptors (Lipinski definition) is 2. The van der Waals surface area contributed by atoms with Crippen LogP contribution >= 0.6 is 0 Å². The van der Waals surface area contributed by atoms with Crippen LogP contribution in [0.5, 0.6) is 0 Å². The number of aromatic carboxylic acids is 1. The highest BCUT2D eigenvalue weighted by Gasteiger charge is 2.35. The molecule has 4 aromatic carbocycles. The zero-order valence-electron chi connectivity index (χ0n) is 19.4. The lowest BCUT2D eigenvalue weighted by atomic mass is 9.82. The summed E-state index contributed by atoms with van der Waals surface area (Å²) < 4.78 is 0. The van der Waals surface area contributed by atoms with Crippen LogP contribution in [-0.2, 0) is 5.41 Å². The fourth-order valence-electron chi connectivity index (χ4n) is 5.11. The average Bonchev–Trinajstić information content (AvgIpc) is 3.01. The summed E-state index contributed by atoms with van der Waals surface area (Å²) >= 11 is 0. The number of hydrogen-bond donors (Lipinski definition) is 1. The van der Waals surface area contributed by atoms with E-state index in [-0.39, 0.29) is 11.0 Å². The summed E-state index contributed by atoms with van der Waals surface area (Å²) in [5.74, 6) is -0.920. The summed E-state index contributed by atoms with van der Waals surface area (Å²) in [5, 5.41) is 9.36. The molecule has 0 fully saturated rings. The minimum atomic E-state index is -0.920. The summed E-state index contributed by atoms with van der Waals surface area (Å²) in [7, 11) is 0. The van der Waals surface area contributed by atoms with E-state index in [1.165, 1.54) is 33.4 Å². The molecular weight excluding hydrogens is 406 g/mol. The summed E-state index contributed by atoms with van der Waals surface area (Å²) in [5.41, 5.74) is 10.8. The highest BCUT2D eigenvalue weighted by molar-refractivity contribution is 5.89. The van der Waals surface area contributed by atoms with E-state index in [0.29, 0.717) is 0 Å². The van der Waals surface area contributed by atoms with E-state index in [9.17, 15) is 9.90 Å². The summed E-state index contributed by atoms with van der Waals surface area (Å²) in [6, 6.07) is 28.9. The Morgan fingerprint density at radius 1 is 0.697 bits per heavy atom. The van der Waals surface area contributed by atoms with Gasteiger partial charge in [-0.15, -0.1) is 0 Å². The lowest BCUT2D eigenvalue weighted by Crippen LogP contribution is -2.16. The molecule has 0 spiro atoms. The number of aryl methyl sites for hydroxylation is 2. The van der Waals surface area contributed by atoms with Gasteiger partial charge in [-0.05, 0) is 95.8 Å². The van der Waals surface area contributed by atoms with E-state index in [2.05, 4.69) is 93.3 Å². The van der Waals surface area contributed by atoms with Gasteiger partial charge in [-0.1, -0.05) is 50.2 Å². The average molecular weight is 434 g/mol. The van der Waals surface area contributed by atoms with Gasteiger partial charge >= 0.3 is 5.97 Å². The summed E-state index contributed by atoms with van der Waals surface area (Å²) in [6.07, 6.45) is 0. The van der Waals surface area contributed by atoms with Gasteiger partial charge in [0.25, 0.3) is 0 Å². The molecule has 1 N–H and O–H groups in total. The number of benzene rings is 4. The second kappa shape index (κ2) is 7.63. The molecule has 0 saturated heterocycles. The van der Waals surface area contributed by atoms with Gasteiger partial charge in [-0.3, -0.25) is 0 Å². The van der Waals surface area contributed by atoms with Crippen molar-refractivity contribution in [2.24, 2.45) is 0 Å². The van der Waals surface area contributed by atoms with Crippen molar-refractivity contribution in [3.8, 4) is 11.1 Å². The maximum Gasteiger partial charge on any atom is 0.335 e. The molecule has 5 rings (SSSR count). The molecule has 164 valence electrons. The van der Waals surface area contributed by atoms with Crippen LogP contribution in [0.3, 0.4) is 0 Å². The molecule has 0 aromatic heterocycles. The second-order valence-electron chi connectivity index (χ2n) is 9.43. The number of rotatable bonds is 4. The zero-order valence-corrected chi connectivity index (χ0v) is 19.4. The number of carboxylic acid groups (broad SMARTS) is 1. The standard InChI is InChI=1S/C30H27NO2/c1-19-15-20(2)17-24(16-19)31(22-11-9-21(10-12-22)29(32)33)23-13-14-26-25-7-5-6-8-27(25)30(3,4)28(26)18-23/h5-18H,1-4H3,(H,32,33). The zero-order chi connectivity index (χ0) is 23.3. The SMILES string of the molecule is Cc1cc(C)cc(N(c2ccc(C(=O)O)cc2)c2ccc3c(c2)C(C)(C)c2ccccc2-3)c1. The largest absolute Gasteiger partial charge is 0.478 e. The predicted molar refractivity (Wildman–Crippen MR) is 135 cm³/mol. The molecule has 1 aliphatic rings. The molecule has 0 heterocycles. The normalized spacial score (nSPS) is 13.3. The summed E-state index contributed by atoms with van der Waals surface area (Å²) in [4.78, 5) is 13.6. The van der Waals surface area contributed by atoms with Gasteiger partial charge in [0.15, 0.2) is 0 Å². The van der Waals surface area contributed by atoms with Crippen LogP contribution < -0.4 is 4.90 Å². The Morgan fingerprint density at radius 3 is 1.97 bits per heavy atom. The Labute approximate surface area is 195 Å². The van der Waals surface area contributed by atoms with Gasteiger partial charge < -0.3 is 10.0 Å². The number of anilines is 3. The third-order valence-corrected chi connectivity index (χ3v) is 6.66. The van der Waals surface area contributed by atoms with Crippen molar-refractivity contribution in [3.63, 3.8) is 0 Å². The topological polar surface area (TPSA) is 40.5 Å². The van der Waals surface area contributed by atoms with Crippen LogP contribution in [0.2, 0.25) is 0 Å². The fourth-order valence-corrected chi connectivity index (χ4v) is 5.11. The van der Waals surface area contributed by atoms with E-state index < -0.39 is 5.97 Å². The van der Waals surface area contributed by atoms with Crippen LogP contribution in [-0.4, -0.2) is 11.1 Å². The van der Waals surface area contributed by atoms with Crippen molar-refractivity contribution in [2.75, 3.05) is 4.90 Å². The lowest BCUT2D eigenvalue weighted by Gasteiger charge is -2.28. The van der Waals surface area contributed by atoms with Gasteiger partial charge in [0.1, 0.15) is 0 Å². The van der Waals surface area contributed by atoms with Crippen LogP contribution in [0, 0.1) is 13.8 Å². The van der Waals surface area contributed by atoms with E-state index in [1.807, 2.05) is 12.1 Å². The molecule has 0 amide bonds. The Bertz CT molecular complexity index is 1360. The van der Waals surface area contributed by atoms with Gasteiger partial charge in [0.2, 0.25) is 0 Å². The molecule has 0 aliphatic heterocycles. The molecule has 0 radical (unpaired) electrons. The van der Waals surface area contributed by atoms with Gasteiger partial charge in [-0.2, -0.15) is 0 Å². The Kier molecular flexibility index (Phi) is 4.86. The molecule has 3 nitrogen and oxygen atoms in total. The predicted octanol–water partition coefficient (Wildman–Crippen LogP) is 7.78. The quantitative estimate of drug-likeness (QED) is 0.357. The van der Waals surface area contributed by atoms with Crippen molar-refractivity contribution in [1.82, 2.24) is 0 Å². The van der Waals surface area contributed by atoms with Gasteiger partial charge in [0, 0.05) is 22.5 Å². The molecule has 1 aliphatic carbocycles. The first-order valence-corrected chi connectivity index (χ1v) is 11.2. The number of carboxylic acids is 1. The lowest BCUT2D eigenvalue weighted by molar-refractivity contribution is 0.0697. The fraction of sp³-hybridized carbons (Fsp3) is 0.167. The minimum Gasteiger partial charge on any atom is -0.478 e. The van der Waals surface area contributed by atoms with E-state index in [4.69, 9.17) is 0 Å². The van der Waals surface area contributed by atoms with E-state index in [0.717, 1.165) is 17.1 Å². The monoisotopic (exact) mass is 433 g/mol. The van der Waals surface area contributed by atoms with Crippen LogP contribution in [0.15, 0.2) is 84.9 Å². The summed E-state index contributed by atoms with van der Waals surface area (Å²) in [6.45, 7) is 8.77. The van der Waals surface area contributed by atoms with Crippen molar-refractivity contribution < 1.29 is 9.90 Å². The molecular formula is C30H27NO2. The molecule has 3 heteroatoms. The maximum atomic E-state index is 11.4. The molecule has 0 saturated carbocycles. The third kappa shape index (κ3) is 3.50. The first-order chi connectivity index (χ1) is 15.8. The van der Waals surface area contributed by atoms with Gasteiger partial charge in [0.05, 0.1) is 5.56 Å². The van der Waals surface area contributed by atoms with E-state index in [1.54, 1.807) is 12.1 Å². The van der Waals surface area contributed by atoms with Crippen LogP contribution in [0.4, 0.5) is 17.1 Å². The minimum absolute atomic E-state index is 0.0940. The van der Waals surface area contributed by atoms with Crippen molar-refractivity contribution >= 4 is 23.0 Å². The first kappa shape index (κ1) is 21.0. The second-order valence-corrected chi connectivity index (χ2v) is 9.43. The Balaban J connectivity index is 1.70. The highest BCUT2D eigenvalue weighted by Crippen LogP contribution is 2.50. The molecule has 4 aromatic rings. The van der Waals surface area contributed by atoms with Crippen molar-refractivity contribution in [1.29, 1.82) is 0 Å². The molecule has 0 atom stereocenters. The molecule has 0 unspecified atom stereocenters. The van der Waals surface area contributed by atoms with Gasteiger partial charge in [-0.25, -0.2) is 4.79 Å². The number of carbonyl (C=O) groups is 1. The molecule has 0 bridgehead atoms. The Morgan fingerprint density at radius 2 is 1.30 bits per heavy atom.